The highest BCUT2D eigenvalue weighted by Crippen LogP contribution is 2.19. The molecule has 0 fully saturated rings. The van der Waals surface area contributed by atoms with E-state index in [1.807, 2.05) is 37.3 Å². The van der Waals surface area contributed by atoms with Gasteiger partial charge in [0.15, 0.2) is 0 Å². The van der Waals surface area contributed by atoms with Crippen LogP contribution in [0.5, 0.6) is 0 Å². The van der Waals surface area contributed by atoms with E-state index in [4.69, 9.17) is 5.73 Å². The van der Waals surface area contributed by atoms with Crippen molar-refractivity contribution >= 4 is 22.9 Å². The lowest BCUT2D eigenvalue weighted by atomic mass is 10.3. The minimum Gasteiger partial charge on any atom is -0.322 e. The van der Waals surface area contributed by atoms with Crippen molar-refractivity contribution in [2.45, 2.75) is 13.0 Å². The summed E-state index contributed by atoms with van der Waals surface area (Å²) >= 11 is 1.41. The Bertz CT molecular complexity index is 536. The molecule has 1 amide bonds. The fraction of sp³-hybridized carbons (Fsp3) is 0.231. The van der Waals surface area contributed by atoms with Gasteiger partial charge in [0, 0.05) is 18.1 Å². The van der Waals surface area contributed by atoms with Crippen LogP contribution in [0.3, 0.4) is 0 Å². The number of carbonyl (C=O) groups is 1. The molecule has 2 rings (SSSR count). The highest BCUT2D eigenvalue weighted by Gasteiger charge is 2.17. The Morgan fingerprint density at radius 3 is 2.61 bits per heavy atom. The number of hydrogen-bond acceptors (Lipinski definition) is 4. The van der Waals surface area contributed by atoms with E-state index >= 15 is 0 Å². The summed E-state index contributed by atoms with van der Waals surface area (Å²) in [6.45, 7) is 1.86. The van der Waals surface area contributed by atoms with Gasteiger partial charge in [-0.1, -0.05) is 18.2 Å². The molecule has 1 unspecified atom stereocenters. The third-order valence-corrected chi connectivity index (χ3v) is 3.62. The molecule has 1 heterocycles. The first-order chi connectivity index (χ1) is 8.59. The first kappa shape index (κ1) is 12.7. The van der Waals surface area contributed by atoms with Crippen LogP contribution in [-0.4, -0.2) is 17.9 Å². The summed E-state index contributed by atoms with van der Waals surface area (Å²) < 4.78 is 0. The van der Waals surface area contributed by atoms with E-state index in [1.54, 1.807) is 17.3 Å². The molecule has 1 atom stereocenters. The maximum atomic E-state index is 12.2. The summed E-state index contributed by atoms with van der Waals surface area (Å²) in [4.78, 5) is 18.1. The number of hydrogen-bond donors (Lipinski definition) is 1. The molecule has 1 aromatic heterocycles. The molecule has 5 heteroatoms. The number of nitrogens with two attached hydrogens (primary N) is 1. The van der Waals surface area contributed by atoms with Gasteiger partial charge >= 0.3 is 0 Å². The van der Waals surface area contributed by atoms with E-state index < -0.39 is 0 Å². The number of amides is 1. The molecule has 1 aromatic carbocycles. The molecule has 4 nitrogen and oxygen atoms in total. The Morgan fingerprint density at radius 2 is 2.06 bits per heavy atom. The van der Waals surface area contributed by atoms with Gasteiger partial charge in [0.1, 0.15) is 10.7 Å². The van der Waals surface area contributed by atoms with E-state index in [2.05, 4.69) is 4.98 Å². The second-order valence-electron chi connectivity index (χ2n) is 4.06. The fourth-order valence-electron chi connectivity index (χ4n) is 1.54. The molecule has 0 aliphatic carbocycles. The second kappa shape index (κ2) is 5.29. The van der Waals surface area contributed by atoms with Crippen molar-refractivity contribution in [2.75, 3.05) is 11.9 Å². The van der Waals surface area contributed by atoms with E-state index in [0.29, 0.717) is 5.69 Å². The molecule has 0 bridgehead atoms. The van der Waals surface area contributed by atoms with Crippen LogP contribution in [0.4, 0.5) is 5.69 Å². The molecule has 0 aliphatic heterocycles. The Kier molecular flexibility index (Phi) is 3.74. The van der Waals surface area contributed by atoms with Crippen LogP contribution in [0.2, 0.25) is 0 Å². The summed E-state index contributed by atoms with van der Waals surface area (Å²) in [6.07, 6.45) is 0. The van der Waals surface area contributed by atoms with Gasteiger partial charge in [-0.15, -0.1) is 11.3 Å². The van der Waals surface area contributed by atoms with Crippen molar-refractivity contribution in [1.82, 2.24) is 4.98 Å². The summed E-state index contributed by atoms with van der Waals surface area (Å²) in [5.41, 5.74) is 7.03. The van der Waals surface area contributed by atoms with E-state index in [0.717, 1.165) is 10.7 Å². The molecule has 0 radical (unpaired) electrons. The predicted octanol–water partition coefficient (Wildman–Crippen LogP) is 2.44. The molecule has 0 saturated heterocycles. The van der Waals surface area contributed by atoms with Crippen LogP contribution in [-0.2, 0) is 0 Å². The zero-order valence-corrected chi connectivity index (χ0v) is 11.1. The van der Waals surface area contributed by atoms with Crippen molar-refractivity contribution in [2.24, 2.45) is 5.73 Å². The number of thiazole rings is 1. The minimum absolute atomic E-state index is 0.121. The Labute approximate surface area is 110 Å². The van der Waals surface area contributed by atoms with Crippen LogP contribution in [0, 0.1) is 0 Å². The number of benzene rings is 1. The molecule has 0 spiro atoms. The van der Waals surface area contributed by atoms with Gasteiger partial charge in [-0.2, -0.15) is 0 Å². The number of aromatic nitrogens is 1. The number of para-hydroxylation sites is 1. The van der Waals surface area contributed by atoms with Crippen LogP contribution in [0.15, 0.2) is 35.7 Å². The molecule has 0 aliphatic rings. The number of rotatable bonds is 3. The number of carbonyl (C=O) groups excluding carboxylic acids is 1. The smallest absolute Gasteiger partial charge is 0.277 e. The molecular weight excluding hydrogens is 246 g/mol. The van der Waals surface area contributed by atoms with Crippen LogP contribution in [0.1, 0.15) is 28.5 Å². The molecule has 94 valence electrons. The number of nitrogens with zero attached hydrogens (tertiary/aromatic N) is 2. The lowest BCUT2D eigenvalue weighted by Crippen LogP contribution is -2.26. The average molecular weight is 261 g/mol. The van der Waals surface area contributed by atoms with Crippen molar-refractivity contribution in [3.8, 4) is 0 Å². The van der Waals surface area contributed by atoms with Crippen LogP contribution in [0.25, 0.3) is 0 Å². The Balaban J connectivity index is 2.20. The topological polar surface area (TPSA) is 59.2 Å². The van der Waals surface area contributed by atoms with Crippen molar-refractivity contribution < 1.29 is 4.79 Å². The SMILES string of the molecule is CC(N)c1nc(C(=O)N(C)c2ccccc2)cs1. The first-order valence-electron chi connectivity index (χ1n) is 5.63. The monoisotopic (exact) mass is 261 g/mol. The maximum absolute atomic E-state index is 12.2. The number of anilines is 1. The Hall–Kier alpha value is -1.72. The van der Waals surface area contributed by atoms with Gasteiger partial charge in [-0.3, -0.25) is 4.79 Å². The van der Waals surface area contributed by atoms with E-state index in [9.17, 15) is 4.79 Å². The van der Waals surface area contributed by atoms with Gasteiger partial charge in [0.2, 0.25) is 0 Å². The largest absolute Gasteiger partial charge is 0.322 e. The van der Waals surface area contributed by atoms with Gasteiger partial charge in [-0.05, 0) is 19.1 Å². The van der Waals surface area contributed by atoms with Crippen molar-refractivity contribution in [3.05, 3.63) is 46.4 Å². The second-order valence-corrected chi connectivity index (χ2v) is 4.95. The van der Waals surface area contributed by atoms with Crippen molar-refractivity contribution in [1.29, 1.82) is 0 Å². The average Bonchev–Trinajstić information content (AvgIpc) is 2.88. The molecule has 18 heavy (non-hydrogen) atoms. The lowest BCUT2D eigenvalue weighted by Gasteiger charge is -2.15. The molecular formula is C13H15N3OS. The maximum Gasteiger partial charge on any atom is 0.277 e. The van der Waals surface area contributed by atoms with E-state index in [1.165, 1.54) is 11.3 Å². The third kappa shape index (κ3) is 2.57. The summed E-state index contributed by atoms with van der Waals surface area (Å²) in [7, 11) is 1.74. The third-order valence-electron chi connectivity index (χ3n) is 2.58. The van der Waals surface area contributed by atoms with Crippen LogP contribution >= 0.6 is 11.3 Å². The molecule has 2 N–H and O–H groups in total. The van der Waals surface area contributed by atoms with Crippen LogP contribution < -0.4 is 10.6 Å². The fourth-order valence-corrected chi connectivity index (χ4v) is 2.29. The normalized spacial score (nSPS) is 12.2. The standard InChI is InChI=1S/C13H15N3OS/c1-9(14)12-15-11(8-18-12)13(17)16(2)10-6-4-3-5-7-10/h3-9H,14H2,1-2H3. The zero-order valence-electron chi connectivity index (χ0n) is 10.3. The van der Waals surface area contributed by atoms with Gasteiger partial charge in [0.25, 0.3) is 5.91 Å². The van der Waals surface area contributed by atoms with Gasteiger partial charge in [-0.25, -0.2) is 4.98 Å². The highest BCUT2D eigenvalue weighted by atomic mass is 32.1. The van der Waals surface area contributed by atoms with E-state index in [-0.39, 0.29) is 11.9 Å². The first-order valence-corrected chi connectivity index (χ1v) is 6.51. The zero-order chi connectivity index (χ0) is 13.1. The highest BCUT2D eigenvalue weighted by molar-refractivity contribution is 7.09. The summed E-state index contributed by atoms with van der Waals surface area (Å²) in [6, 6.07) is 9.34. The summed E-state index contributed by atoms with van der Waals surface area (Å²) in [5.74, 6) is -0.121. The van der Waals surface area contributed by atoms with Gasteiger partial charge in [0.05, 0.1) is 6.04 Å². The predicted molar refractivity (Wildman–Crippen MR) is 73.9 cm³/mol. The lowest BCUT2D eigenvalue weighted by molar-refractivity contribution is 0.0989. The molecule has 0 saturated carbocycles. The minimum atomic E-state index is -0.140. The van der Waals surface area contributed by atoms with Crippen molar-refractivity contribution in [3.63, 3.8) is 0 Å². The van der Waals surface area contributed by atoms with Gasteiger partial charge < -0.3 is 10.6 Å². The summed E-state index contributed by atoms with van der Waals surface area (Å²) in [5, 5.41) is 2.53. The quantitative estimate of drug-likeness (QED) is 0.923. The molecule has 2 aromatic rings. The Morgan fingerprint density at radius 1 is 1.39 bits per heavy atom.